The van der Waals surface area contributed by atoms with Gasteiger partial charge in [0.1, 0.15) is 6.10 Å². The molecule has 26 heavy (non-hydrogen) atoms. The van der Waals surface area contributed by atoms with E-state index in [2.05, 4.69) is 13.8 Å². The molecule has 0 radical (unpaired) electrons. The zero-order valence-electron chi connectivity index (χ0n) is 17.0. The van der Waals surface area contributed by atoms with Gasteiger partial charge in [0.25, 0.3) is 0 Å². The number of hydrogen-bond acceptors (Lipinski definition) is 6. The van der Waals surface area contributed by atoms with Crippen molar-refractivity contribution < 1.29 is 29.2 Å². The van der Waals surface area contributed by atoms with E-state index in [1.165, 1.54) is 0 Å². The molecule has 0 amide bonds. The lowest BCUT2D eigenvalue weighted by Gasteiger charge is -2.36. The van der Waals surface area contributed by atoms with Gasteiger partial charge in [-0.25, -0.2) is 0 Å². The molecule has 0 aromatic heterocycles. The van der Waals surface area contributed by atoms with Crippen molar-refractivity contribution in [1.29, 1.82) is 0 Å². The van der Waals surface area contributed by atoms with Gasteiger partial charge in [0.2, 0.25) is 0 Å². The van der Waals surface area contributed by atoms with Gasteiger partial charge >= 0.3 is 5.97 Å². The maximum absolute atomic E-state index is 11.9. The summed E-state index contributed by atoms with van der Waals surface area (Å²) < 4.78 is 16.7. The van der Waals surface area contributed by atoms with Gasteiger partial charge in [0.15, 0.2) is 6.29 Å². The topological polar surface area (TPSA) is 85.2 Å². The van der Waals surface area contributed by atoms with Crippen LogP contribution in [0.2, 0.25) is 0 Å². The highest BCUT2D eigenvalue weighted by Gasteiger charge is 2.35. The van der Waals surface area contributed by atoms with Crippen LogP contribution in [0.5, 0.6) is 0 Å². The molecule has 1 heterocycles. The predicted octanol–water partition coefficient (Wildman–Crippen LogP) is 3.03. The van der Waals surface area contributed by atoms with Crippen molar-refractivity contribution in [2.75, 3.05) is 6.61 Å². The summed E-state index contributed by atoms with van der Waals surface area (Å²) in [5.74, 6) is 0.533. The van der Waals surface area contributed by atoms with Crippen LogP contribution in [0.4, 0.5) is 0 Å². The first-order valence-electron chi connectivity index (χ1n) is 10.1. The lowest BCUT2D eigenvalue weighted by molar-refractivity contribution is -0.273. The number of carbonyl (C=O) groups is 1. The normalized spacial score (nSPS) is 28.8. The van der Waals surface area contributed by atoms with Crippen LogP contribution in [-0.2, 0) is 19.0 Å². The van der Waals surface area contributed by atoms with Crippen LogP contribution in [0.15, 0.2) is 0 Å². The third-order valence-electron chi connectivity index (χ3n) is 5.27. The molecule has 1 aliphatic heterocycles. The number of carbonyl (C=O) groups excluding carboxylic acids is 1. The highest BCUT2D eigenvalue weighted by Crippen LogP contribution is 2.23. The summed E-state index contributed by atoms with van der Waals surface area (Å²) in [7, 11) is 0. The van der Waals surface area contributed by atoms with E-state index < -0.39 is 18.5 Å². The Hall–Kier alpha value is -0.690. The Bertz CT molecular complexity index is 398. The second-order valence-electron chi connectivity index (χ2n) is 7.78. The molecule has 0 saturated carbocycles. The summed E-state index contributed by atoms with van der Waals surface area (Å²) in [5.41, 5.74) is 0. The fourth-order valence-corrected chi connectivity index (χ4v) is 3.06. The highest BCUT2D eigenvalue weighted by atomic mass is 16.7. The smallest absolute Gasteiger partial charge is 0.306 e. The molecule has 1 rings (SSSR count). The molecule has 0 aromatic rings. The molecular weight excluding hydrogens is 336 g/mol. The van der Waals surface area contributed by atoms with Gasteiger partial charge in [-0.05, 0) is 38.5 Å². The SMILES string of the molecule is CCC(CC)COC(=O)CC(C)CC[C@@H](C)OC1O[C@@H](C)C(O)C[C@H]1O. The fraction of sp³-hybridized carbons (Fsp3) is 0.950. The Balaban J connectivity index is 2.24. The standard InChI is InChI=1S/C20H38O6/c1-6-16(7-2)12-24-19(23)10-13(3)8-9-14(4)25-20-18(22)11-17(21)15(5)26-20/h13-18,20-22H,6-12H2,1-5H3/t13?,14-,15+,17?,18-,20?/m1/s1. The molecule has 2 N–H and O–H groups in total. The zero-order valence-corrected chi connectivity index (χ0v) is 17.0. The minimum absolute atomic E-state index is 0.0971. The van der Waals surface area contributed by atoms with E-state index >= 15 is 0 Å². The maximum Gasteiger partial charge on any atom is 0.306 e. The quantitative estimate of drug-likeness (QED) is 0.541. The van der Waals surface area contributed by atoms with Crippen molar-refractivity contribution in [3.63, 3.8) is 0 Å². The average Bonchev–Trinajstić information content (AvgIpc) is 2.58. The first-order chi connectivity index (χ1) is 12.3. The Kier molecular flexibility index (Phi) is 10.7. The van der Waals surface area contributed by atoms with E-state index in [4.69, 9.17) is 14.2 Å². The predicted molar refractivity (Wildman–Crippen MR) is 99.6 cm³/mol. The molecule has 6 nitrogen and oxygen atoms in total. The molecule has 0 spiro atoms. The molecule has 1 fully saturated rings. The fourth-order valence-electron chi connectivity index (χ4n) is 3.06. The first kappa shape index (κ1) is 23.3. The number of hydrogen-bond donors (Lipinski definition) is 2. The Labute approximate surface area is 158 Å². The highest BCUT2D eigenvalue weighted by molar-refractivity contribution is 5.69. The first-order valence-corrected chi connectivity index (χ1v) is 10.1. The van der Waals surface area contributed by atoms with Crippen LogP contribution in [0, 0.1) is 11.8 Å². The van der Waals surface area contributed by atoms with Gasteiger partial charge in [-0.2, -0.15) is 0 Å². The second-order valence-corrected chi connectivity index (χ2v) is 7.78. The van der Waals surface area contributed by atoms with Gasteiger partial charge < -0.3 is 24.4 Å². The third-order valence-corrected chi connectivity index (χ3v) is 5.27. The number of aliphatic hydroxyl groups excluding tert-OH is 2. The Morgan fingerprint density at radius 2 is 1.81 bits per heavy atom. The molecule has 6 atom stereocenters. The molecule has 0 aromatic carbocycles. The van der Waals surface area contributed by atoms with E-state index in [1.54, 1.807) is 6.92 Å². The van der Waals surface area contributed by atoms with Crippen molar-refractivity contribution in [3.8, 4) is 0 Å². The van der Waals surface area contributed by atoms with Gasteiger partial charge in [-0.15, -0.1) is 0 Å². The molecule has 0 aliphatic carbocycles. The summed E-state index contributed by atoms with van der Waals surface area (Å²) >= 11 is 0. The van der Waals surface area contributed by atoms with Crippen LogP contribution in [0.3, 0.4) is 0 Å². The zero-order chi connectivity index (χ0) is 19.7. The summed E-state index contributed by atoms with van der Waals surface area (Å²) in [6, 6.07) is 0. The molecule has 0 bridgehead atoms. The lowest BCUT2D eigenvalue weighted by atomic mass is 9.99. The molecule has 3 unspecified atom stereocenters. The molecule has 1 aliphatic rings. The van der Waals surface area contributed by atoms with Crippen LogP contribution in [-0.4, -0.2) is 53.5 Å². The second kappa shape index (κ2) is 11.9. The van der Waals surface area contributed by atoms with Crippen molar-refractivity contribution in [3.05, 3.63) is 0 Å². The van der Waals surface area contributed by atoms with Crippen molar-refractivity contribution in [1.82, 2.24) is 0 Å². The van der Waals surface area contributed by atoms with Crippen LogP contribution in [0.25, 0.3) is 0 Å². The van der Waals surface area contributed by atoms with Crippen molar-refractivity contribution >= 4 is 5.97 Å². The van der Waals surface area contributed by atoms with E-state index in [0.717, 1.165) is 25.7 Å². The largest absolute Gasteiger partial charge is 0.465 e. The van der Waals surface area contributed by atoms with Gasteiger partial charge in [-0.3, -0.25) is 4.79 Å². The third kappa shape index (κ3) is 8.33. The summed E-state index contributed by atoms with van der Waals surface area (Å²) in [4.78, 5) is 11.9. The van der Waals surface area contributed by atoms with Gasteiger partial charge in [0.05, 0.1) is 24.9 Å². The lowest BCUT2D eigenvalue weighted by Crippen LogP contribution is -2.48. The maximum atomic E-state index is 11.9. The van der Waals surface area contributed by atoms with E-state index in [0.29, 0.717) is 18.9 Å². The summed E-state index contributed by atoms with van der Waals surface area (Å²) in [6.07, 6.45) is 1.70. The van der Waals surface area contributed by atoms with Crippen molar-refractivity contribution in [2.24, 2.45) is 11.8 Å². The molecule has 6 heteroatoms. The van der Waals surface area contributed by atoms with E-state index in [-0.39, 0.29) is 30.5 Å². The van der Waals surface area contributed by atoms with Gasteiger partial charge in [0, 0.05) is 12.8 Å². The summed E-state index contributed by atoms with van der Waals surface area (Å²) in [5, 5.41) is 19.7. The van der Waals surface area contributed by atoms with Crippen molar-refractivity contribution in [2.45, 2.75) is 104 Å². The average molecular weight is 375 g/mol. The Morgan fingerprint density at radius 3 is 2.42 bits per heavy atom. The van der Waals surface area contributed by atoms with E-state index in [1.807, 2.05) is 13.8 Å². The van der Waals surface area contributed by atoms with Crippen LogP contribution >= 0.6 is 0 Å². The monoisotopic (exact) mass is 374 g/mol. The van der Waals surface area contributed by atoms with Crippen LogP contribution < -0.4 is 0 Å². The Morgan fingerprint density at radius 1 is 1.15 bits per heavy atom. The number of rotatable bonds is 11. The molecule has 1 saturated heterocycles. The minimum Gasteiger partial charge on any atom is -0.465 e. The number of esters is 1. The van der Waals surface area contributed by atoms with Gasteiger partial charge in [-0.1, -0.05) is 33.6 Å². The molecule has 154 valence electrons. The van der Waals surface area contributed by atoms with E-state index in [9.17, 15) is 15.0 Å². The minimum atomic E-state index is -0.818. The van der Waals surface area contributed by atoms with Crippen LogP contribution in [0.1, 0.15) is 73.1 Å². The number of ether oxygens (including phenoxy) is 3. The number of aliphatic hydroxyl groups is 2. The molecular formula is C20H38O6. The summed E-state index contributed by atoms with van der Waals surface area (Å²) in [6.45, 7) is 10.5.